The van der Waals surface area contributed by atoms with E-state index in [0.29, 0.717) is 18.5 Å². The number of anilines is 1. The molecular formula is C21H26N2O3S. The number of carbonyl (C=O) groups excluding carboxylic acids is 1. The molecule has 0 bridgehead atoms. The van der Waals surface area contributed by atoms with E-state index in [9.17, 15) is 13.2 Å². The van der Waals surface area contributed by atoms with Gasteiger partial charge in [0, 0.05) is 25.2 Å². The first kappa shape index (κ1) is 19.4. The molecule has 0 radical (unpaired) electrons. The van der Waals surface area contributed by atoms with E-state index >= 15 is 0 Å². The quantitative estimate of drug-likeness (QED) is 0.822. The van der Waals surface area contributed by atoms with Gasteiger partial charge in [0.2, 0.25) is 5.91 Å². The van der Waals surface area contributed by atoms with E-state index in [1.807, 2.05) is 24.0 Å². The zero-order chi connectivity index (χ0) is 19.3. The number of carbonyl (C=O) groups is 1. The minimum absolute atomic E-state index is 0.187. The Bertz CT molecular complexity index is 869. The number of hydrogen-bond donors (Lipinski definition) is 1. The lowest BCUT2D eigenvalue weighted by Gasteiger charge is -2.26. The number of rotatable bonds is 6. The van der Waals surface area contributed by atoms with Crippen LogP contribution in [0.5, 0.6) is 0 Å². The second-order valence-corrected chi connectivity index (χ2v) is 8.74. The topological polar surface area (TPSA) is 66.5 Å². The van der Waals surface area contributed by atoms with Crippen molar-refractivity contribution in [2.24, 2.45) is 0 Å². The number of aryl methyl sites for hydroxylation is 2. The van der Waals surface area contributed by atoms with Crippen molar-refractivity contribution in [2.75, 3.05) is 17.8 Å². The summed E-state index contributed by atoms with van der Waals surface area (Å²) in [5.41, 5.74) is 2.58. The highest BCUT2D eigenvalue weighted by atomic mass is 32.2. The Balaban J connectivity index is 1.58. The van der Waals surface area contributed by atoms with Gasteiger partial charge in [0.15, 0.2) is 0 Å². The summed E-state index contributed by atoms with van der Waals surface area (Å²) in [6.07, 6.45) is 4.48. The van der Waals surface area contributed by atoms with Gasteiger partial charge in [-0.1, -0.05) is 29.8 Å². The molecule has 1 saturated heterocycles. The standard InChI is InChI=1S/C21H26N2O3S/c1-17-5-10-19(11-6-17)22-27(25,26)20-12-7-18(8-13-20)9-14-21(24)23-15-3-2-4-16-23/h5-8,10-13,22H,2-4,9,14-16H2,1H3. The molecule has 0 saturated carbocycles. The van der Waals surface area contributed by atoms with Crippen molar-refractivity contribution >= 4 is 21.6 Å². The summed E-state index contributed by atoms with van der Waals surface area (Å²) in [7, 11) is -3.62. The van der Waals surface area contributed by atoms with Crippen LogP contribution < -0.4 is 4.72 Å². The van der Waals surface area contributed by atoms with E-state index in [1.54, 1.807) is 36.4 Å². The lowest BCUT2D eigenvalue weighted by Crippen LogP contribution is -2.35. The molecule has 2 aromatic rings. The van der Waals surface area contributed by atoms with E-state index in [-0.39, 0.29) is 10.8 Å². The van der Waals surface area contributed by atoms with Crippen LogP contribution in [-0.4, -0.2) is 32.3 Å². The Morgan fingerprint density at radius 3 is 2.22 bits per heavy atom. The van der Waals surface area contributed by atoms with Gasteiger partial charge in [0.25, 0.3) is 10.0 Å². The number of nitrogens with one attached hydrogen (secondary N) is 1. The predicted molar refractivity (Wildman–Crippen MR) is 107 cm³/mol. The van der Waals surface area contributed by atoms with E-state index in [2.05, 4.69) is 4.72 Å². The lowest BCUT2D eigenvalue weighted by atomic mass is 10.1. The van der Waals surface area contributed by atoms with E-state index in [0.717, 1.165) is 37.1 Å². The number of piperidine rings is 1. The van der Waals surface area contributed by atoms with Crippen LogP contribution >= 0.6 is 0 Å². The SMILES string of the molecule is Cc1ccc(NS(=O)(=O)c2ccc(CCC(=O)N3CCCCC3)cc2)cc1. The molecule has 144 valence electrons. The molecule has 27 heavy (non-hydrogen) atoms. The van der Waals surface area contributed by atoms with Crippen LogP contribution in [0.25, 0.3) is 0 Å². The second-order valence-electron chi connectivity index (χ2n) is 7.06. The first-order valence-electron chi connectivity index (χ1n) is 9.40. The lowest BCUT2D eigenvalue weighted by molar-refractivity contribution is -0.132. The minimum Gasteiger partial charge on any atom is -0.343 e. The zero-order valence-corrected chi connectivity index (χ0v) is 16.5. The summed E-state index contributed by atoms with van der Waals surface area (Å²) in [5.74, 6) is 0.187. The Hall–Kier alpha value is -2.34. The molecule has 0 spiro atoms. The van der Waals surface area contributed by atoms with Gasteiger partial charge in [-0.2, -0.15) is 0 Å². The van der Waals surface area contributed by atoms with Gasteiger partial charge in [-0.3, -0.25) is 9.52 Å². The molecule has 1 heterocycles. The van der Waals surface area contributed by atoms with Crippen molar-refractivity contribution in [3.05, 3.63) is 59.7 Å². The molecule has 6 heteroatoms. The van der Waals surface area contributed by atoms with Crippen molar-refractivity contribution in [1.82, 2.24) is 4.90 Å². The molecule has 1 aliphatic heterocycles. The minimum atomic E-state index is -3.62. The Labute approximate surface area is 161 Å². The summed E-state index contributed by atoms with van der Waals surface area (Å²) >= 11 is 0. The monoisotopic (exact) mass is 386 g/mol. The number of likely N-dealkylation sites (tertiary alicyclic amines) is 1. The summed E-state index contributed by atoms with van der Waals surface area (Å²) in [6.45, 7) is 3.68. The zero-order valence-electron chi connectivity index (χ0n) is 15.6. The van der Waals surface area contributed by atoms with Gasteiger partial charge in [-0.15, -0.1) is 0 Å². The van der Waals surface area contributed by atoms with Crippen molar-refractivity contribution in [2.45, 2.75) is 43.9 Å². The molecule has 1 aliphatic rings. The van der Waals surface area contributed by atoms with Crippen LogP contribution in [0.1, 0.15) is 36.8 Å². The van der Waals surface area contributed by atoms with Crippen LogP contribution in [0.15, 0.2) is 53.4 Å². The molecule has 3 rings (SSSR count). The van der Waals surface area contributed by atoms with Crippen LogP contribution in [0, 0.1) is 6.92 Å². The Morgan fingerprint density at radius 1 is 0.963 bits per heavy atom. The highest BCUT2D eigenvalue weighted by Crippen LogP contribution is 2.18. The third-order valence-electron chi connectivity index (χ3n) is 4.87. The third-order valence-corrected chi connectivity index (χ3v) is 6.27. The van der Waals surface area contributed by atoms with Crippen molar-refractivity contribution in [3.8, 4) is 0 Å². The average molecular weight is 387 g/mol. The molecule has 1 fully saturated rings. The summed E-state index contributed by atoms with van der Waals surface area (Å²) < 4.78 is 27.6. The molecule has 0 aliphatic carbocycles. The average Bonchev–Trinajstić information content (AvgIpc) is 2.69. The number of amides is 1. The number of nitrogens with zero attached hydrogens (tertiary/aromatic N) is 1. The maximum Gasteiger partial charge on any atom is 0.261 e. The first-order valence-corrected chi connectivity index (χ1v) is 10.9. The van der Waals surface area contributed by atoms with Gasteiger partial charge < -0.3 is 4.90 Å². The van der Waals surface area contributed by atoms with Crippen molar-refractivity contribution in [1.29, 1.82) is 0 Å². The number of sulfonamides is 1. The predicted octanol–water partition coefficient (Wildman–Crippen LogP) is 3.74. The largest absolute Gasteiger partial charge is 0.343 e. The molecular weight excluding hydrogens is 360 g/mol. The van der Waals surface area contributed by atoms with E-state index < -0.39 is 10.0 Å². The van der Waals surface area contributed by atoms with Gasteiger partial charge in [-0.25, -0.2) is 8.42 Å². The molecule has 2 aromatic carbocycles. The summed E-state index contributed by atoms with van der Waals surface area (Å²) in [4.78, 5) is 14.4. The van der Waals surface area contributed by atoms with Crippen LogP contribution in [-0.2, 0) is 21.2 Å². The van der Waals surface area contributed by atoms with Gasteiger partial charge in [-0.05, 0) is 62.4 Å². The highest BCUT2D eigenvalue weighted by Gasteiger charge is 2.17. The Kier molecular flexibility index (Phi) is 6.16. The fourth-order valence-electron chi connectivity index (χ4n) is 3.22. The molecule has 0 aromatic heterocycles. The molecule has 5 nitrogen and oxygen atoms in total. The molecule has 0 unspecified atom stereocenters. The smallest absolute Gasteiger partial charge is 0.261 e. The summed E-state index contributed by atoms with van der Waals surface area (Å²) in [6, 6.07) is 14.0. The van der Waals surface area contributed by atoms with Crippen molar-refractivity contribution in [3.63, 3.8) is 0 Å². The fourth-order valence-corrected chi connectivity index (χ4v) is 4.28. The molecule has 1 amide bonds. The van der Waals surface area contributed by atoms with Crippen molar-refractivity contribution < 1.29 is 13.2 Å². The van der Waals surface area contributed by atoms with Crippen LogP contribution in [0.4, 0.5) is 5.69 Å². The molecule has 1 N–H and O–H groups in total. The second kappa shape index (κ2) is 8.57. The van der Waals surface area contributed by atoms with E-state index in [1.165, 1.54) is 6.42 Å². The van der Waals surface area contributed by atoms with Gasteiger partial charge in [0.1, 0.15) is 0 Å². The van der Waals surface area contributed by atoms with E-state index in [4.69, 9.17) is 0 Å². The third kappa shape index (κ3) is 5.32. The first-order chi connectivity index (χ1) is 12.9. The van der Waals surface area contributed by atoms with Crippen LogP contribution in [0.2, 0.25) is 0 Å². The number of hydrogen-bond acceptors (Lipinski definition) is 3. The van der Waals surface area contributed by atoms with Gasteiger partial charge in [0.05, 0.1) is 4.90 Å². The normalized spacial score (nSPS) is 14.8. The maximum atomic E-state index is 12.5. The van der Waals surface area contributed by atoms with Crippen LogP contribution in [0.3, 0.4) is 0 Å². The van der Waals surface area contributed by atoms with Gasteiger partial charge >= 0.3 is 0 Å². The maximum absolute atomic E-state index is 12.5. The summed E-state index contributed by atoms with van der Waals surface area (Å²) in [5, 5.41) is 0. The Morgan fingerprint density at radius 2 is 1.59 bits per heavy atom. The molecule has 0 atom stereocenters. The number of benzene rings is 2. The highest BCUT2D eigenvalue weighted by molar-refractivity contribution is 7.92. The fraction of sp³-hybridized carbons (Fsp3) is 0.381.